The molecule has 0 aliphatic rings. The summed E-state index contributed by atoms with van der Waals surface area (Å²) in [6.07, 6.45) is 0. The van der Waals surface area contributed by atoms with Crippen molar-refractivity contribution in [2.75, 3.05) is 0 Å². The van der Waals surface area contributed by atoms with Gasteiger partial charge in [0.05, 0.1) is 38.7 Å². The van der Waals surface area contributed by atoms with Gasteiger partial charge in [-0.05, 0) is 113 Å². The van der Waals surface area contributed by atoms with Gasteiger partial charge in [-0.2, -0.15) is 29.9 Å². The molecule has 0 aliphatic carbocycles. The van der Waals surface area contributed by atoms with Crippen molar-refractivity contribution in [3.8, 4) is 108 Å². The van der Waals surface area contributed by atoms with Crippen LogP contribution < -0.4 is 0 Å². The lowest BCUT2D eigenvalue weighted by molar-refractivity contribution is 0.669. The van der Waals surface area contributed by atoms with E-state index < -0.39 is 0 Å². The van der Waals surface area contributed by atoms with Gasteiger partial charge in [-0.3, -0.25) is 13.7 Å². The average Bonchev–Trinajstić information content (AvgIpc) is 1.56. The highest BCUT2D eigenvalue weighted by Crippen LogP contribution is 2.51. The molecule has 32 rings (SSSR count). The van der Waals surface area contributed by atoms with Crippen molar-refractivity contribution >= 4 is 245 Å². The van der Waals surface area contributed by atoms with E-state index in [-0.39, 0.29) is 0 Å². The molecule has 0 saturated heterocycles. The zero-order valence-electron chi connectivity index (χ0n) is 78.0. The van der Waals surface area contributed by atoms with Crippen molar-refractivity contribution < 1.29 is 4.42 Å². The summed E-state index contributed by atoms with van der Waals surface area (Å²) in [6, 6.07) is 158. The van der Waals surface area contributed by atoms with Gasteiger partial charge in [-0.25, -0.2) is 15.0 Å². The molecule has 0 amide bonds. The van der Waals surface area contributed by atoms with E-state index in [4.69, 9.17) is 49.3 Å². The number of para-hydroxylation sites is 5. The third kappa shape index (κ3) is 13.9. The lowest BCUT2D eigenvalue weighted by atomic mass is 10.0. The lowest BCUT2D eigenvalue weighted by Crippen LogP contribution is -2.06. The van der Waals surface area contributed by atoms with Gasteiger partial charge in [0.25, 0.3) is 0 Å². The van der Waals surface area contributed by atoms with Gasteiger partial charge in [0.15, 0.2) is 34.9 Å². The molecule has 18 heteroatoms. The zero-order chi connectivity index (χ0) is 96.4. The van der Waals surface area contributed by atoms with Gasteiger partial charge in [-0.15, -0.1) is 56.7 Å². The fourth-order valence-electron chi connectivity index (χ4n) is 21.7. The van der Waals surface area contributed by atoms with E-state index >= 15 is 0 Å². The van der Waals surface area contributed by atoms with Crippen LogP contribution in [0.4, 0.5) is 0 Å². The van der Waals surface area contributed by atoms with Crippen LogP contribution in [0.5, 0.6) is 0 Å². The molecule has 0 radical (unpaired) electrons. The van der Waals surface area contributed by atoms with Crippen molar-refractivity contribution in [1.29, 1.82) is 0 Å². The van der Waals surface area contributed by atoms with Gasteiger partial charge < -0.3 is 4.42 Å². The van der Waals surface area contributed by atoms with Crippen LogP contribution in [-0.2, 0) is 0 Å². The molecular weight excluding hydrogens is 1890 g/mol. The summed E-state index contributed by atoms with van der Waals surface area (Å²) in [5, 5.41) is 21.9. The molecule has 0 spiro atoms. The third-order valence-corrected chi connectivity index (χ3v) is 34.5. The van der Waals surface area contributed by atoms with Crippen LogP contribution in [0.1, 0.15) is 0 Å². The topological polar surface area (TPSA) is 144 Å². The summed E-state index contributed by atoms with van der Waals surface area (Å²) in [7, 11) is 0. The summed E-state index contributed by atoms with van der Waals surface area (Å²) in [5.74, 6) is 5.55. The fourth-order valence-corrected chi connectivity index (χ4v) is 27.9. The molecule has 0 atom stereocenters. The Kier molecular flexibility index (Phi) is 19.7. The molecule has 0 bridgehead atoms. The maximum absolute atomic E-state index is 6.49. The van der Waals surface area contributed by atoms with E-state index in [1.807, 2.05) is 88.6 Å². The van der Waals surface area contributed by atoms with E-state index in [0.29, 0.717) is 52.8 Å². The lowest BCUT2D eigenvalue weighted by Gasteiger charge is -2.12. The highest BCUT2D eigenvalue weighted by Gasteiger charge is 2.29. The van der Waals surface area contributed by atoms with Crippen molar-refractivity contribution in [2.24, 2.45) is 0 Å². The second-order valence-electron chi connectivity index (χ2n) is 36.8. The van der Waals surface area contributed by atoms with Crippen LogP contribution in [-0.4, -0.2) is 58.6 Å². The van der Waals surface area contributed by atoms with Crippen LogP contribution >= 0.6 is 56.7 Å². The first-order chi connectivity index (χ1) is 72.9. The van der Waals surface area contributed by atoms with Gasteiger partial charge in [0.2, 0.25) is 17.8 Å². The second-order valence-corrected chi connectivity index (χ2v) is 42.1. The molecule has 686 valence electrons. The smallest absolute Gasteiger partial charge is 0.238 e. The van der Waals surface area contributed by atoms with Crippen molar-refractivity contribution in [3.63, 3.8) is 0 Å². The minimum atomic E-state index is 0.556. The van der Waals surface area contributed by atoms with Gasteiger partial charge in [0.1, 0.15) is 11.2 Å². The monoisotopic (exact) mass is 1970 g/mol. The normalized spacial score (nSPS) is 11.9. The minimum Gasteiger partial charge on any atom is -0.455 e. The first-order valence-electron chi connectivity index (χ1n) is 48.8. The van der Waals surface area contributed by atoms with Gasteiger partial charge >= 0.3 is 0 Å². The van der Waals surface area contributed by atoms with Crippen molar-refractivity contribution in [2.45, 2.75) is 0 Å². The summed E-state index contributed by atoms with van der Waals surface area (Å²) < 4.78 is 25.7. The highest BCUT2D eigenvalue weighted by molar-refractivity contribution is 7.28. The van der Waals surface area contributed by atoms with Crippen molar-refractivity contribution in [1.82, 2.24) is 58.6 Å². The highest BCUT2D eigenvalue weighted by atomic mass is 32.1. The third-order valence-electron chi connectivity index (χ3n) is 28.5. The predicted molar refractivity (Wildman–Crippen MR) is 618 cm³/mol. The standard InChI is InChI=1S/C45H26N4OS.C45H26N4S2.C39H22N4S2/c2*1-2-11-27(12-3-1)28-21-23-29(24-22-28)43-46-44(35-17-10-16-32-30-13-5-8-19-38(30)50-41(32)35)48-45(47-43)49-36-18-7-4-15-34(36)40-37(49)26-25-33-31-14-6-9-20-39(31)51-42(33)40;1-2-11-23(12-3-1)37-40-38(29-17-10-16-26-24-13-5-8-19-32(24)44-35(26)29)42-39(41-37)43-30-18-7-4-15-28(30)34-31(43)22-21-27-25-14-6-9-20-33(25)45-36(27)34/h2*1-26H;1-22H. The van der Waals surface area contributed by atoms with E-state index in [1.165, 1.54) is 139 Å². The Morgan fingerprint density at radius 3 is 0.776 bits per heavy atom. The van der Waals surface area contributed by atoms with Crippen LogP contribution in [0.15, 0.2) is 453 Å². The van der Waals surface area contributed by atoms with Gasteiger partial charge in [-0.1, -0.05) is 358 Å². The Morgan fingerprint density at radius 1 is 0.156 bits per heavy atom. The molecule has 0 fully saturated rings. The van der Waals surface area contributed by atoms with E-state index in [9.17, 15) is 0 Å². The Balaban J connectivity index is 0.000000102. The molecule has 32 aromatic rings. The maximum Gasteiger partial charge on any atom is 0.238 e. The molecule has 13 nitrogen and oxygen atoms in total. The second kappa shape index (κ2) is 34.3. The Morgan fingerprint density at radius 2 is 0.408 bits per heavy atom. The summed E-state index contributed by atoms with van der Waals surface area (Å²) in [5.41, 5.74) is 18.3. The van der Waals surface area contributed by atoms with Crippen LogP contribution in [0, 0.1) is 0 Å². The molecule has 0 saturated carbocycles. The molecule has 12 aromatic heterocycles. The maximum atomic E-state index is 6.49. The number of aromatic nitrogens is 12. The van der Waals surface area contributed by atoms with Crippen molar-refractivity contribution in [3.05, 3.63) is 449 Å². The SMILES string of the molecule is c1ccc(-c2ccc(-c3nc(-c4cccc5c4oc4ccccc45)nc(-n4c5ccccc5c5c6sc7ccccc7c6ccc54)n3)cc2)cc1.c1ccc(-c2ccc(-c3nc(-c4cccc5c4sc4ccccc45)nc(-n4c5ccccc5c5c6sc7ccccc7c6ccc54)n3)cc2)cc1.c1ccc(-c2nc(-c3cccc4c3sc3ccccc34)nc(-n3c4ccccc4c4c5sc6ccccc6c5ccc43)n2)cc1. The number of benzene rings is 20. The molecule has 20 aromatic carbocycles. The Bertz CT molecular complexity index is 10600. The molecule has 147 heavy (non-hydrogen) atoms. The molecule has 0 N–H and O–H groups in total. The Labute approximate surface area is 858 Å². The quantitative estimate of drug-likeness (QED) is 0.123. The van der Waals surface area contributed by atoms with Crippen LogP contribution in [0.3, 0.4) is 0 Å². The molecule has 12 heterocycles. The fraction of sp³-hybridized carbons (Fsp3) is 0. The number of nitrogens with zero attached hydrogens (tertiary/aromatic N) is 12. The molecular formula is C129H74N12OS5. The molecule has 0 unspecified atom stereocenters. The minimum absolute atomic E-state index is 0.556. The average molecular weight is 1970 g/mol. The van der Waals surface area contributed by atoms with E-state index in [0.717, 1.165) is 105 Å². The largest absolute Gasteiger partial charge is 0.455 e. The Hall–Kier alpha value is -18.3. The number of hydrogen-bond acceptors (Lipinski definition) is 15. The predicted octanol–water partition coefficient (Wildman–Crippen LogP) is 36.0. The number of rotatable bonds is 11. The van der Waals surface area contributed by atoms with E-state index in [2.05, 4.69) is 408 Å². The number of furan rings is 1. The zero-order valence-corrected chi connectivity index (χ0v) is 82.1. The van der Waals surface area contributed by atoms with E-state index in [1.54, 1.807) is 22.7 Å². The summed E-state index contributed by atoms with van der Waals surface area (Å²) in [4.78, 5) is 47.0. The number of thiophene rings is 5. The first kappa shape index (κ1) is 84.4. The van der Waals surface area contributed by atoms with Crippen LogP contribution in [0.2, 0.25) is 0 Å². The summed E-state index contributed by atoms with van der Waals surface area (Å²) >= 11 is 9.12. The van der Waals surface area contributed by atoms with Crippen LogP contribution in [0.25, 0.3) is 297 Å². The number of hydrogen-bond donors (Lipinski definition) is 0. The van der Waals surface area contributed by atoms with Gasteiger partial charge in [0, 0.05) is 172 Å². The number of fused-ring (bicyclic) bond motifs is 30. The first-order valence-corrected chi connectivity index (χ1v) is 52.9. The molecule has 0 aliphatic heterocycles. The summed E-state index contributed by atoms with van der Waals surface area (Å²) in [6.45, 7) is 0.